The zero-order valence-corrected chi connectivity index (χ0v) is 13.8. The molecule has 0 bridgehead atoms. The average Bonchev–Trinajstić information content (AvgIpc) is 2.82. The summed E-state index contributed by atoms with van der Waals surface area (Å²) in [4.78, 5) is 1.05. The van der Waals surface area contributed by atoms with Gasteiger partial charge in [-0.2, -0.15) is 0 Å². The van der Waals surface area contributed by atoms with Crippen LogP contribution in [0.15, 0.2) is 29.2 Å². The van der Waals surface area contributed by atoms with E-state index in [1.807, 2.05) is 49.9 Å². The van der Waals surface area contributed by atoms with Crippen LogP contribution in [0.5, 0.6) is 0 Å². The molecule has 0 saturated heterocycles. The van der Waals surface area contributed by atoms with Crippen LogP contribution in [0.1, 0.15) is 39.5 Å². The first kappa shape index (κ1) is 15.7. The molecule has 1 N–H and O–H groups in total. The van der Waals surface area contributed by atoms with Crippen LogP contribution < -0.4 is 4.72 Å². The van der Waals surface area contributed by atoms with Crippen LogP contribution in [0.3, 0.4) is 0 Å². The Morgan fingerprint density at radius 3 is 2.55 bits per heavy atom. The predicted octanol–water partition coefficient (Wildman–Crippen LogP) is 4.12. The summed E-state index contributed by atoms with van der Waals surface area (Å²) in [5.74, 6) is 0.289. The summed E-state index contributed by atoms with van der Waals surface area (Å²) in [6.07, 6.45) is 5.05. The summed E-state index contributed by atoms with van der Waals surface area (Å²) in [7, 11) is -3.25. The van der Waals surface area contributed by atoms with Crippen LogP contribution in [-0.4, -0.2) is 19.4 Å². The summed E-state index contributed by atoms with van der Waals surface area (Å²) in [5, 5.41) is 0.630. The van der Waals surface area contributed by atoms with Gasteiger partial charge in [0.15, 0.2) is 0 Å². The molecule has 1 aromatic rings. The number of benzene rings is 1. The van der Waals surface area contributed by atoms with Crippen molar-refractivity contribution in [1.82, 2.24) is 0 Å². The van der Waals surface area contributed by atoms with Crippen molar-refractivity contribution in [1.29, 1.82) is 0 Å². The molecule has 1 aliphatic carbocycles. The second-order valence-electron chi connectivity index (χ2n) is 5.80. The van der Waals surface area contributed by atoms with Gasteiger partial charge in [-0.1, -0.05) is 38.8 Å². The minimum atomic E-state index is -3.25. The first-order chi connectivity index (χ1) is 9.46. The van der Waals surface area contributed by atoms with Crippen molar-refractivity contribution < 1.29 is 8.42 Å². The van der Waals surface area contributed by atoms with Crippen molar-refractivity contribution in [2.45, 2.75) is 49.7 Å². The fourth-order valence-electron chi connectivity index (χ4n) is 2.49. The molecule has 112 valence electrons. The number of hydrogen-bond donors (Lipinski definition) is 1. The third-order valence-corrected chi connectivity index (χ3v) is 6.35. The second kappa shape index (κ2) is 6.85. The monoisotopic (exact) mass is 313 g/mol. The van der Waals surface area contributed by atoms with Gasteiger partial charge in [-0.25, -0.2) is 8.42 Å². The molecule has 3 nitrogen and oxygen atoms in total. The molecule has 0 radical (unpaired) electrons. The Kier molecular flexibility index (Phi) is 5.38. The smallest absolute Gasteiger partial charge is 0.233 e. The Morgan fingerprint density at radius 1 is 1.25 bits per heavy atom. The van der Waals surface area contributed by atoms with Crippen LogP contribution in [0.4, 0.5) is 5.69 Å². The van der Waals surface area contributed by atoms with Crippen molar-refractivity contribution in [2.75, 3.05) is 10.5 Å². The van der Waals surface area contributed by atoms with Crippen LogP contribution in [0, 0.1) is 5.92 Å². The molecular weight excluding hydrogens is 290 g/mol. The number of thioether (sulfide) groups is 1. The van der Waals surface area contributed by atoms with Gasteiger partial charge in [0, 0.05) is 10.1 Å². The number of nitrogens with one attached hydrogen (secondary N) is 1. The van der Waals surface area contributed by atoms with Gasteiger partial charge in [0.1, 0.15) is 0 Å². The van der Waals surface area contributed by atoms with E-state index < -0.39 is 10.0 Å². The number of rotatable bonds is 6. The summed E-state index contributed by atoms with van der Waals surface area (Å²) >= 11 is 1.81. The lowest BCUT2D eigenvalue weighted by atomic mass is 10.3. The molecule has 1 aromatic carbocycles. The second-order valence-corrected chi connectivity index (χ2v) is 8.91. The van der Waals surface area contributed by atoms with E-state index >= 15 is 0 Å². The number of para-hydroxylation sites is 1. The highest BCUT2D eigenvalue weighted by Gasteiger charge is 2.19. The molecule has 0 aliphatic heterocycles. The summed E-state index contributed by atoms with van der Waals surface area (Å²) in [6, 6.07) is 7.72. The lowest BCUT2D eigenvalue weighted by molar-refractivity contribution is 0.587. The molecule has 0 unspecified atom stereocenters. The number of sulfonamides is 1. The van der Waals surface area contributed by atoms with Crippen molar-refractivity contribution in [3.63, 3.8) is 0 Å². The Balaban J connectivity index is 2.11. The van der Waals surface area contributed by atoms with Crippen LogP contribution in [0.2, 0.25) is 0 Å². The van der Waals surface area contributed by atoms with Gasteiger partial charge < -0.3 is 0 Å². The van der Waals surface area contributed by atoms with E-state index in [1.54, 1.807) is 0 Å². The quantitative estimate of drug-likeness (QED) is 0.859. The molecule has 1 saturated carbocycles. The van der Waals surface area contributed by atoms with Gasteiger partial charge >= 0.3 is 0 Å². The van der Waals surface area contributed by atoms with Gasteiger partial charge in [-0.05, 0) is 30.9 Å². The molecule has 1 aliphatic rings. The first-order valence-electron chi connectivity index (χ1n) is 7.22. The van der Waals surface area contributed by atoms with E-state index in [1.165, 1.54) is 25.7 Å². The van der Waals surface area contributed by atoms with Crippen LogP contribution in [0.25, 0.3) is 0 Å². The Labute approximate surface area is 126 Å². The third-order valence-electron chi connectivity index (χ3n) is 3.30. The molecule has 2 rings (SSSR count). The SMILES string of the molecule is CC(C)CS(=O)(=O)Nc1ccccc1SC1CCCC1. The zero-order valence-electron chi connectivity index (χ0n) is 12.1. The lowest BCUT2D eigenvalue weighted by Gasteiger charge is -2.15. The fourth-order valence-corrected chi connectivity index (χ4v) is 5.36. The van der Waals surface area contributed by atoms with Crippen molar-refractivity contribution in [3.8, 4) is 0 Å². The first-order valence-corrected chi connectivity index (χ1v) is 9.75. The van der Waals surface area contributed by atoms with E-state index in [0.717, 1.165) is 10.6 Å². The highest BCUT2D eigenvalue weighted by molar-refractivity contribution is 8.00. The molecule has 0 amide bonds. The van der Waals surface area contributed by atoms with Crippen molar-refractivity contribution in [2.24, 2.45) is 5.92 Å². The van der Waals surface area contributed by atoms with Gasteiger partial charge in [0.25, 0.3) is 0 Å². The molecular formula is C15H23NO2S2. The topological polar surface area (TPSA) is 46.2 Å². The lowest BCUT2D eigenvalue weighted by Crippen LogP contribution is -2.20. The summed E-state index contributed by atoms with van der Waals surface area (Å²) in [6.45, 7) is 3.83. The third kappa shape index (κ3) is 4.70. The standard InChI is InChI=1S/C15H23NO2S2/c1-12(2)11-20(17,18)16-14-9-5-6-10-15(14)19-13-7-3-4-8-13/h5-6,9-10,12-13,16H,3-4,7-8,11H2,1-2H3. The fraction of sp³-hybridized carbons (Fsp3) is 0.600. The van der Waals surface area contributed by atoms with E-state index in [-0.39, 0.29) is 11.7 Å². The van der Waals surface area contributed by atoms with E-state index in [4.69, 9.17) is 0 Å². The highest BCUT2D eigenvalue weighted by atomic mass is 32.2. The summed E-state index contributed by atoms with van der Waals surface area (Å²) < 4.78 is 26.9. The zero-order chi connectivity index (χ0) is 14.6. The van der Waals surface area contributed by atoms with Gasteiger partial charge in [0.2, 0.25) is 10.0 Å². The average molecular weight is 313 g/mol. The maximum Gasteiger partial charge on any atom is 0.233 e. The normalized spacial score (nSPS) is 16.8. The van der Waals surface area contributed by atoms with Crippen LogP contribution in [-0.2, 0) is 10.0 Å². The van der Waals surface area contributed by atoms with Crippen LogP contribution >= 0.6 is 11.8 Å². The molecule has 0 spiro atoms. The van der Waals surface area contributed by atoms with Gasteiger partial charge in [-0.3, -0.25) is 4.72 Å². The number of anilines is 1. The van der Waals surface area contributed by atoms with Crippen molar-refractivity contribution >= 4 is 27.5 Å². The maximum atomic E-state index is 12.1. The Bertz CT molecular complexity index is 535. The summed E-state index contributed by atoms with van der Waals surface area (Å²) in [5.41, 5.74) is 0.727. The largest absolute Gasteiger partial charge is 0.282 e. The van der Waals surface area contributed by atoms with E-state index in [9.17, 15) is 8.42 Å². The molecule has 0 atom stereocenters. The highest BCUT2D eigenvalue weighted by Crippen LogP contribution is 2.38. The van der Waals surface area contributed by atoms with Gasteiger partial charge in [0.05, 0.1) is 11.4 Å². The van der Waals surface area contributed by atoms with E-state index in [2.05, 4.69) is 4.72 Å². The van der Waals surface area contributed by atoms with Crippen molar-refractivity contribution in [3.05, 3.63) is 24.3 Å². The Morgan fingerprint density at radius 2 is 1.90 bits per heavy atom. The van der Waals surface area contributed by atoms with Gasteiger partial charge in [-0.15, -0.1) is 11.8 Å². The minimum absolute atomic E-state index is 0.127. The minimum Gasteiger partial charge on any atom is -0.282 e. The Hall–Kier alpha value is -0.680. The van der Waals surface area contributed by atoms with E-state index in [0.29, 0.717) is 5.25 Å². The molecule has 1 fully saturated rings. The molecule has 0 heterocycles. The maximum absolute atomic E-state index is 12.1. The molecule has 20 heavy (non-hydrogen) atoms. The predicted molar refractivity (Wildman–Crippen MR) is 86.8 cm³/mol. The molecule has 0 aromatic heterocycles. The molecule has 5 heteroatoms. The number of hydrogen-bond acceptors (Lipinski definition) is 3.